The Bertz CT molecular complexity index is 404. The maximum atomic E-state index is 12.2. The van der Waals surface area contributed by atoms with Crippen molar-refractivity contribution in [2.75, 3.05) is 20.1 Å². The molecule has 1 aliphatic heterocycles. The van der Waals surface area contributed by atoms with Crippen molar-refractivity contribution >= 4 is 17.2 Å². The Morgan fingerprint density at radius 3 is 2.94 bits per heavy atom. The summed E-state index contributed by atoms with van der Waals surface area (Å²) in [6, 6.07) is 0. The third-order valence-electron chi connectivity index (χ3n) is 3.28. The predicted octanol–water partition coefficient (Wildman–Crippen LogP) is 1.27. The van der Waals surface area contributed by atoms with Gasteiger partial charge in [-0.1, -0.05) is 6.92 Å². The van der Waals surface area contributed by atoms with Crippen LogP contribution < -0.4 is 5.32 Å². The first kappa shape index (κ1) is 12.5. The summed E-state index contributed by atoms with van der Waals surface area (Å²) < 4.78 is 0. The lowest BCUT2D eigenvalue weighted by Gasteiger charge is -2.22. The summed E-state index contributed by atoms with van der Waals surface area (Å²) in [5.41, 5.74) is 0.988. The second-order valence-electron chi connectivity index (χ2n) is 4.79. The summed E-state index contributed by atoms with van der Waals surface area (Å²) in [6.45, 7) is 6.48. The fourth-order valence-corrected chi connectivity index (χ4v) is 2.83. The summed E-state index contributed by atoms with van der Waals surface area (Å²) in [5, 5.41) is 6.34. The fourth-order valence-electron chi connectivity index (χ4n) is 2.23. The van der Waals surface area contributed by atoms with Gasteiger partial charge in [-0.15, -0.1) is 11.3 Å². The number of aromatic nitrogens is 1. The molecule has 2 heterocycles. The molecule has 4 nitrogen and oxygen atoms in total. The number of aryl methyl sites for hydroxylation is 1. The summed E-state index contributed by atoms with van der Waals surface area (Å²) in [6.07, 6.45) is 0. The second kappa shape index (κ2) is 5.14. The standard InChI is InChI=1S/C12H19N3OS/c1-8-4-13-5-11(8)12(16)15(3)6-10-7-17-9(2)14-10/h7-8,11,13H,4-6H2,1-3H3. The largest absolute Gasteiger partial charge is 0.340 e. The Balaban J connectivity index is 1.95. The van der Waals surface area contributed by atoms with Crippen molar-refractivity contribution in [3.8, 4) is 0 Å². The van der Waals surface area contributed by atoms with E-state index in [1.165, 1.54) is 0 Å². The average Bonchev–Trinajstić information content (AvgIpc) is 2.86. The smallest absolute Gasteiger partial charge is 0.227 e. The second-order valence-corrected chi connectivity index (χ2v) is 5.86. The average molecular weight is 253 g/mol. The van der Waals surface area contributed by atoms with Crippen LogP contribution in [-0.2, 0) is 11.3 Å². The Morgan fingerprint density at radius 2 is 2.41 bits per heavy atom. The van der Waals surface area contributed by atoms with Gasteiger partial charge in [-0.05, 0) is 19.4 Å². The predicted molar refractivity (Wildman–Crippen MR) is 68.8 cm³/mol. The van der Waals surface area contributed by atoms with Crippen LogP contribution in [0.1, 0.15) is 17.6 Å². The van der Waals surface area contributed by atoms with E-state index >= 15 is 0 Å². The van der Waals surface area contributed by atoms with Crippen molar-refractivity contribution in [1.29, 1.82) is 0 Å². The topological polar surface area (TPSA) is 45.2 Å². The zero-order valence-corrected chi connectivity index (χ0v) is 11.4. The van der Waals surface area contributed by atoms with Gasteiger partial charge in [0.05, 0.1) is 23.2 Å². The molecule has 0 radical (unpaired) electrons. The van der Waals surface area contributed by atoms with Gasteiger partial charge in [0.1, 0.15) is 0 Å². The third kappa shape index (κ3) is 2.84. The van der Waals surface area contributed by atoms with Crippen LogP contribution in [0.2, 0.25) is 0 Å². The molecule has 0 spiro atoms. The van der Waals surface area contributed by atoms with E-state index in [-0.39, 0.29) is 11.8 Å². The first-order valence-corrected chi connectivity index (χ1v) is 6.82. The van der Waals surface area contributed by atoms with E-state index in [1.807, 2.05) is 19.4 Å². The zero-order valence-electron chi connectivity index (χ0n) is 10.6. The number of rotatable bonds is 3. The highest BCUT2D eigenvalue weighted by atomic mass is 32.1. The van der Waals surface area contributed by atoms with E-state index in [4.69, 9.17) is 0 Å². The van der Waals surface area contributed by atoms with Crippen molar-refractivity contribution in [2.24, 2.45) is 11.8 Å². The Kier molecular flexibility index (Phi) is 3.79. The highest BCUT2D eigenvalue weighted by molar-refractivity contribution is 7.09. The molecule has 0 aromatic carbocycles. The number of thiazole rings is 1. The minimum Gasteiger partial charge on any atom is -0.340 e. The van der Waals surface area contributed by atoms with Crippen molar-refractivity contribution < 1.29 is 4.79 Å². The SMILES string of the molecule is Cc1nc(CN(C)C(=O)C2CNCC2C)cs1. The van der Waals surface area contributed by atoms with Crippen molar-refractivity contribution in [3.05, 3.63) is 16.1 Å². The van der Waals surface area contributed by atoms with Crippen molar-refractivity contribution in [2.45, 2.75) is 20.4 Å². The van der Waals surface area contributed by atoms with Gasteiger partial charge in [-0.2, -0.15) is 0 Å². The maximum absolute atomic E-state index is 12.2. The van der Waals surface area contributed by atoms with Crippen LogP contribution in [-0.4, -0.2) is 35.9 Å². The molecule has 1 amide bonds. The van der Waals surface area contributed by atoms with Gasteiger partial charge in [0.25, 0.3) is 0 Å². The van der Waals surface area contributed by atoms with Gasteiger partial charge in [-0.25, -0.2) is 4.98 Å². The molecule has 0 aliphatic carbocycles. The molecule has 1 aromatic heterocycles. The van der Waals surface area contributed by atoms with E-state index in [9.17, 15) is 4.79 Å². The molecule has 1 aromatic rings. The van der Waals surface area contributed by atoms with Gasteiger partial charge in [0, 0.05) is 19.0 Å². The molecule has 1 saturated heterocycles. The molecule has 0 saturated carbocycles. The molecule has 17 heavy (non-hydrogen) atoms. The van der Waals surface area contributed by atoms with Crippen LogP contribution in [0.5, 0.6) is 0 Å². The molecule has 2 rings (SSSR count). The van der Waals surface area contributed by atoms with Crippen LogP contribution in [0.15, 0.2) is 5.38 Å². The van der Waals surface area contributed by atoms with E-state index in [1.54, 1.807) is 16.2 Å². The highest BCUT2D eigenvalue weighted by Crippen LogP contribution is 2.19. The number of hydrogen-bond acceptors (Lipinski definition) is 4. The molecule has 2 atom stereocenters. The molecule has 94 valence electrons. The molecular weight excluding hydrogens is 234 g/mol. The van der Waals surface area contributed by atoms with E-state index in [2.05, 4.69) is 17.2 Å². The number of amides is 1. The summed E-state index contributed by atoms with van der Waals surface area (Å²) in [4.78, 5) is 18.4. The third-order valence-corrected chi connectivity index (χ3v) is 4.10. The maximum Gasteiger partial charge on any atom is 0.227 e. The van der Waals surface area contributed by atoms with Crippen LogP contribution in [0.3, 0.4) is 0 Å². The fraction of sp³-hybridized carbons (Fsp3) is 0.667. The van der Waals surface area contributed by atoms with Gasteiger partial charge < -0.3 is 10.2 Å². The molecule has 0 bridgehead atoms. The van der Waals surface area contributed by atoms with E-state index in [0.717, 1.165) is 23.8 Å². The van der Waals surface area contributed by atoms with Gasteiger partial charge in [0.15, 0.2) is 0 Å². The molecular formula is C12H19N3OS. The molecule has 1 N–H and O–H groups in total. The molecule has 5 heteroatoms. The van der Waals surface area contributed by atoms with Crippen LogP contribution in [0.4, 0.5) is 0 Å². The van der Waals surface area contributed by atoms with Crippen LogP contribution in [0.25, 0.3) is 0 Å². The number of carbonyl (C=O) groups excluding carboxylic acids is 1. The first-order chi connectivity index (χ1) is 8.08. The van der Waals surface area contributed by atoms with Gasteiger partial charge >= 0.3 is 0 Å². The van der Waals surface area contributed by atoms with E-state index in [0.29, 0.717) is 12.5 Å². The lowest BCUT2D eigenvalue weighted by Crippen LogP contribution is -2.35. The lowest BCUT2D eigenvalue weighted by molar-refractivity contribution is -0.135. The first-order valence-electron chi connectivity index (χ1n) is 5.94. The van der Waals surface area contributed by atoms with Crippen molar-refractivity contribution in [3.63, 3.8) is 0 Å². The summed E-state index contributed by atoms with van der Waals surface area (Å²) in [7, 11) is 1.86. The summed E-state index contributed by atoms with van der Waals surface area (Å²) in [5.74, 6) is 0.787. The van der Waals surface area contributed by atoms with Gasteiger partial charge in [0.2, 0.25) is 5.91 Å². The quantitative estimate of drug-likeness (QED) is 0.882. The minimum atomic E-state index is 0.125. The van der Waals surface area contributed by atoms with Crippen molar-refractivity contribution in [1.82, 2.24) is 15.2 Å². The van der Waals surface area contributed by atoms with Crippen LogP contribution >= 0.6 is 11.3 Å². The Hall–Kier alpha value is -0.940. The Labute approximate surface area is 106 Å². The normalized spacial score (nSPS) is 23.9. The summed E-state index contributed by atoms with van der Waals surface area (Å²) >= 11 is 1.63. The molecule has 2 unspecified atom stereocenters. The van der Waals surface area contributed by atoms with E-state index < -0.39 is 0 Å². The molecule has 1 fully saturated rings. The number of nitrogens with zero attached hydrogens (tertiary/aromatic N) is 2. The zero-order chi connectivity index (χ0) is 12.4. The number of nitrogens with one attached hydrogen (secondary N) is 1. The number of carbonyl (C=O) groups is 1. The molecule has 1 aliphatic rings. The van der Waals surface area contributed by atoms with Crippen LogP contribution in [0, 0.1) is 18.8 Å². The Morgan fingerprint density at radius 1 is 1.65 bits per heavy atom. The lowest BCUT2D eigenvalue weighted by atomic mass is 9.97. The minimum absolute atomic E-state index is 0.125. The highest BCUT2D eigenvalue weighted by Gasteiger charge is 2.31. The monoisotopic (exact) mass is 253 g/mol. The number of hydrogen-bond donors (Lipinski definition) is 1. The van der Waals surface area contributed by atoms with Gasteiger partial charge in [-0.3, -0.25) is 4.79 Å².